The molecule has 5 nitrogen and oxygen atoms in total. The van der Waals surface area contributed by atoms with E-state index in [1.807, 2.05) is 53.2 Å². The van der Waals surface area contributed by atoms with Gasteiger partial charge in [-0.05, 0) is 59.0 Å². The van der Waals surface area contributed by atoms with Crippen LogP contribution in [0.4, 0.5) is 0 Å². The number of ketones is 1. The number of carbonyl (C=O) groups excluding carboxylic acids is 1. The minimum Gasteiger partial charge on any atom is -0.508 e. The van der Waals surface area contributed by atoms with E-state index in [-0.39, 0.29) is 11.5 Å². The second kappa shape index (κ2) is 8.61. The fourth-order valence-corrected chi connectivity index (χ4v) is 3.34. The molecule has 0 spiro atoms. The number of hydrogen-bond donors (Lipinski definition) is 1. The Kier molecular flexibility index (Phi) is 5.56. The molecule has 1 heterocycles. The molecule has 0 fully saturated rings. The number of phenols is 1. The Morgan fingerprint density at radius 2 is 2.00 bits per heavy atom. The van der Waals surface area contributed by atoms with Crippen molar-refractivity contribution in [3.05, 3.63) is 90.0 Å². The Morgan fingerprint density at radius 3 is 2.79 bits per heavy atom. The number of fused-ring (bicyclic) bond motifs is 1. The topological polar surface area (TPSA) is 64.3 Å². The second-order valence-corrected chi connectivity index (χ2v) is 6.99. The molecule has 2 aromatic carbocycles. The number of allylic oxidation sites excluding steroid dienone is 3. The molecule has 0 unspecified atom stereocenters. The number of phenolic OH excluding ortho intramolecular Hbond substituents is 1. The number of rotatable bonds is 7. The second-order valence-electron chi connectivity index (χ2n) is 6.99. The maximum absolute atomic E-state index is 12.2. The van der Waals surface area contributed by atoms with Gasteiger partial charge in [0.05, 0.1) is 12.9 Å². The first-order valence-corrected chi connectivity index (χ1v) is 9.61. The van der Waals surface area contributed by atoms with E-state index in [2.05, 4.69) is 4.98 Å². The van der Waals surface area contributed by atoms with Crippen LogP contribution in [0.1, 0.15) is 23.1 Å². The standard InChI is InChI=1S/C24H22N2O3/c27-21-6-3-18(4-7-21)2-5-19-14-22(28)15-20-16-23(8-9-24(19)20)29-13-1-11-26-12-10-25-17-26/h2-10,12,14,16-17,27H,1,11,13,15H2. The lowest BCUT2D eigenvalue weighted by atomic mass is 9.89. The zero-order chi connectivity index (χ0) is 20.1. The number of ether oxygens (including phenoxy) is 1. The van der Waals surface area contributed by atoms with Crippen molar-refractivity contribution in [3.63, 3.8) is 0 Å². The summed E-state index contributed by atoms with van der Waals surface area (Å²) in [6, 6.07) is 12.9. The Labute approximate surface area is 169 Å². The predicted octanol–water partition coefficient (Wildman–Crippen LogP) is 4.28. The lowest BCUT2D eigenvalue weighted by Crippen LogP contribution is -2.09. The van der Waals surface area contributed by atoms with Gasteiger partial charge in [-0.3, -0.25) is 4.79 Å². The lowest BCUT2D eigenvalue weighted by molar-refractivity contribution is -0.114. The molecule has 1 aromatic heterocycles. The molecule has 3 aromatic rings. The van der Waals surface area contributed by atoms with Gasteiger partial charge in [0.1, 0.15) is 11.5 Å². The number of imidazole rings is 1. The SMILES string of the molecule is O=C1C=C(C=Cc2ccc(O)cc2)c2ccc(OCCCn3ccnc3)cc2C1. The first-order valence-electron chi connectivity index (χ1n) is 9.61. The number of aromatic nitrogens is 2. The van der Waals surface area contributed by atoms with Crippen LogP contribution in [0.15, 0.2) is 73.3 Å². The molecule has 1 aliphatic carbocycles. The summed E-state index contributed by atoms with van der Waals surface area (Å²) in [5, 5.41) is 9.39. The zero-order valence-corrected chi connectivity index (χ0v) is 16.0. The summed E-state index contributed by atoms with van der Waals surface area (Å²) in [5.41, 5.74) is 3.87. The summed E-state index contributed by atoms with van der Waals surface area (Å²) in [4.78, 5) is 16.2. The normalized spacial score (nSPS) is 13.4. The molecule has 0 bridgehead atoms. The van der Waals surface area contributed by atoms with Crippen LogP contribution in [-0.2, 0) is 17.8 Å². The Balaban J connectivity index is 1.43. The van der Waals surface area contributed by atoms with Crippen LogP contribution < -0.4 is 4.74 Å². The third kappa shape index (κ3) is 4.82. The van der Waals surface area contributed by atoms with Crippen molar-refractivity contribution >= 4 is 17.4 Å². The van der Waals surface area contributed by atoms with E-state index in [1.165, 1.54) is 0 Å². The number of aromatic hydroxyl groups is 1. The third-order valence-corrected chi connectivity index (χ3v) is 4.81. The van der Waals surface area contributed by atoms with Gasteiger partial charge in [0.25, 0.3) is 0 Å². The van der Waals surface area contributed by atoms with Crippen LogP contribution in [0.3, 0.4) is 0 Å². The van der Waals surface area contributed by atoms with Crippen molar-refractivity contribution in [2.24, 2.45) is 0 Å². The Bertz CT molecular complexity index is 1050. The molecule has 5 heteroatoms. The number of benzene rings is 2. The van der Waals surface area contributed by atoms with Gasteiger partial charge >= 0.3 is 0 Å². The maximum Gasteiger partial charge on any atom is 0.160 e. The first kappa shape index (κ1) is 18.7. The average molecular weight is 386 g/mol. The number of nitrogens with zero attached hydrogens (tertiary/aromatic N) is 2. The van der Waals surface area contributed by atoms with Crippen molar-refractivity contribution in [2.75, 3.05) is 6.61 Å². The highest BCUT2D eigenvalue weighted by atomic mass is 16.5. The highest BCUT2D eigenvalue weighted by molar-refractivity contribution is 6.04. The lowest BCUT2D eigenvalue weighted by Gasteiger charge is -2.16. The van der Waals surface area contributed by atoms with Gasteiger partial charge in [-0.15, -0.1) is 0 Å². The van der Waals surface area contributed by atoms with Gasteiger partial charge in [0.15, 0.2) is 5.78 Å². The average Bonchev–Trinajstić information content (AvgIpc) is 3.24. The molecule has 0 aliphatic heterocycles. The molecule has 0 atom stereocenters. The van der Waals surface area contributed by atoms with E-state index < -0.39 is 0 Å². The van der Waals surface area contributed by atoms with E-state index in [0.29, 0.717) is 13.0 Å². The fraction of sp³-hybridized carbons (Fsp3) is 0.167. The molecule has 146 valence electrons. The summed E-state index contributed by atoms with van der Waals surface area (Å²) >= 11 is 0. The minimum atomic E-state index is 0.0834. The molecule has 0 saturated heterocycles. The predicted molar refractivity (Wildman–Crippen MR) is 113 cm³/mol. The molecule has 0 saturated carbocycles. The Morgan fingerprint density at radius 1 is 1.14 bits per heavy atom. The molecule has 29 heavy (non-hydrogen) atoms. The fourth-order valence-electron chi connectivity index (χ4n) is 3.34. The third-order valence-electron chi connectivity index (χ3n) is 4.81. The zero-order valence-electron chi connectivity index (χ0n) is 16.0. The largest absolute Gasteiger partial charge is 0.508 e. The first-order chi connectivity index (χ1) is 14.2. The van der Waals surface area contributed by atoms with Crippen LogP contribution in [0.25, 0.3) is 11.6 Å². The number of hydrogen-bond acceptors (Lipinski definition) is 4. The molecular weight excluding hydrogens is 364 g/mol. The van der Waals surface area contributed by atoms with Crippen molar-refractivity contribution < 1.29 is 14.6 Å². The van der Waals surface area contributed by atoms with Gasteiger partial charge in [-0.1, -0.05) is 30.4 Å². The number of aryl methyl sites for hydroxylation is 1. The van der Waals surface area contributed by atoms with E-state index in [1.54, 1.807) is 30.7 Å². The Hall–Kier alpha value is -3.60. The van der Waals surface area contributed by atoms with Crippen LogP contribution in [0.5, 0.6) is 11.5 Å². The van der Waals surface area contributed by atoms with E-state index in [4.69, 9.17) is 4.74 Å². The van der Waals surface area contributed by atoms with E-state index in [9.17, 15) is 9.90 Å². The van der Waals surface area contributed by atoms with Crippen molar-refractivity contribution in [2.45, 2.75) is 19.4 Å². The minimum absolute atomic E-state index is 0.0834. The van der Waals surface area contributed by atoms with Gasteiger partial charge in [0, 0.05) is 25.4 Å². The van der Waals surface area contributed by atoms with Gasteiger partial charge in [-0.2, -0.15) is 0 Å². The summed E-state index contributed by atoms with van der Waals surface area (Å²) in [5.74, 6) is 1.10. The summed E-state index contributed by atoms with van der Waals surface area (Å²) in [6.45, 7) is 1.47. The summed E-state index contributed by atoms with van der Waals surface area (Å²) < 4.78 is 7.90. The maximum atomic E-state index is 12.2. The molecule has 0 amide bonds. The van der Waals surface area contributed by atoms with Crippen molar-refractivity contribution in [1.82, 2.24) is 9.55 Å². The van der Waals surface area contributed by atoms with Crippen LogP contribution in [0.2, 0.25) is 0 Å². The van der Waals surface area contributed by atoms with Gasteiger partial charge in [0.2, 0.25) is 0 Å². The van der Waals surface area contributed by atoms with Crippen molar-refractivity contribution in [3.8, 4) is 11.5 Å². The molecular formula is C24H22N2O3. The van der Waals surface area contributed by atoms with E-state index >= 15 is 0 Å². The van der Waals surface area contributed by atoms with Crippen LogP contribution in [0, 0.1) is 0 Å². The monoisotopic (exact) mass is 386 g/mol. The smallest absolute Gasteiger partial charge is 0.160 e. The molecule has 0 radical (unpaired) electrons. The van der Waals surface area contributed by atoms with Gasteiger partial charge in [-0.25, -0.2) is 4.98 Å². The highest BCUT2D eigenvalue weighted by Crippen LogP contribution is 2.30. The van der Waals surface area contributed by atoms with Crippen LogP contribution >= 0.6 is 0 Å². The number of carbonyl (C=O) groups is 1. The van der Waals surface area contributed by atoms with E-state index in [0.717, 1.165) is 41.0 Å². The quantitative estimate of drug-likeness (QED) is 0.616. The summed E-state index contributed by atoms with van der Waals surface area (Å²) in [6.07, 6.45) is 12.3. The van der Waals surface area contributed by atoms with Gasteiger partial charge < -0.3 is 14.4 Å². The molecule has 1 aliphatic rings. The molecule has 4 rings (SSSR count). The molecule has 1 N–H and O–H groups in total. The summed E-state index contributed by atoms with van der Waals surface area (Å²) in [7, 11) is 0. The highest BCUT2D eigenvalue weighted by Gasteiger charge is 2.16. The van der Waals surface area contributed by atoms with Crippen molar-refractivity contribution in [1.29, 1.82) is 0 Å². The van der Waals surface area contributed by atoms with Crippen LogP contribution in [-0.4, -0.2) is 27.0 Å².